The summed E-state index contributed by atoms with van der Waals surface area (Å²) in [5, 5.41) is 25.2. The predicted octanol–water partition coefficient (Wildman–Crippen LogP) is 5.07. The fourth-order valence-electron chi connectivity index (χ4n) is 5.54. The number of aryl methyl sites for hydroxylation is 3. The van der Waals surface area contributed by atoms with E-state index in [-0.39, 0.29) is 24.4 Å². The number of benzene rings is 3. The molecule has 0 radical (unpaired) electrons. The molecule has 0 saturated heterocycles. The normalized spacial score (nSPS) is 15.2. The van der Waals surface area contributed by atoms with Crippen LogP contribution in [0, 0.1) is 13.8 Å². The summed E-state index contributed by atoms with van der Waals surface area (Å²) in [7, 11) is 1.86. The van der Waals surface area contributed by atoms with Crippen molar-refractivity contribution in [3.63, 3.8) is 0 Å². The average molecular weight is 545 g/mol. The number of fused-ring (bicyclic) bond motifs is 2. The number of rotatable bonds is 6. The lowest BCUT2D eigenvalue weighted by Crippen LogP contribution is -2.40. The van der Waals surface area contributed by atoms with E-state index < -0.39 is 5.97 Å². The van der Waals surface area contributed by atoms with Crippen LogP contribution in [0.1, 0.15) is 59.6 Å². The molecule has 1 aromatic heterocycles. The van der Waals surface area contributed by atoms with Crippen molar-refractivity contribution in [1.29, 1.82) is 0 Å². The summed E-state index contributed by atoms with van der Waals surface area (Å²) in [5.74, 6) is -0.168. The Hall–Kier alpha value is -4.24. The van der Waals surface area contributed by atoms with Crippen LogP contribution in [-0.4, -0.2) is 54.7 Å². The maximum absolute atomic E-state index is 12.0. The highest BCUT2D eigenvalue weighted by Gasteiger charge is 2.29. The van der Waals surface area contributed by atoms with Crippen molar-refractivity contribution in [2.75, 3.05) is 6.54 Å². The Bertz CT molecular complexity index is 1530. The summed E-state index contributed by atoms with van der Waals surface area (Å²) in [6, 6.07) is 18.6. The van der Waals surface area contributed by atoms with Gasteiger partial charge in [-0.2, -0.15) is 0 Å². The van der Waals surface area contributed by atoms with Crippen molar-refractivity contribution in [2.45, 2.75) is 58.7 Å². The lowest BCUT2D eigenvalue weighted by molar-refractivity contribution is -0.137. The molecule has 1 aliphatic rings. The number of hydrogen-bond acceptors (Lipinski definition) is 6. The van der Waals surface area contributed by atoms with Crippen LogP contribution in [0.3, 0.4) is 0 Å². The number of nitrogens with zero attached hydrogens (tertiary/aromatic N) is 4. The third kappa shape index (κ3) is 6.31. The summed E-state index contributed by atoms with van der Waals surface area (Å²) in [4.78, 5) is 22.8. The van der Waals surface area contributed by atoms with E-state index in [1.54, 1.807) is 4.68 Å². The first-order chi connectivity index (χ1) is 19.0. The number of carboxylic acids is 1. The van der Waals surface area contributed by atoms with Gasteiger partial charge in [0.05, 0.1) is 11.9 Å². The van der Waals surface area contributed by atoms with Gasteiger partial charge in [-0.3, -0.25) is 14.5 Å². The molecule has 4 aromatic rings. The van der Waals surface area contributed by atoms with Gasteiger partial charge in [0, 0.05) is 38.2 Å². The zero-order valence-electron chi connectivity index (χ0n) is 23.6. The zero-order chi connectivity index (χ0) is 29.0. The molecular formula is C31H36N4O5. The number of aliphatic carboxylic acids is 1. The lowest BCUT2D eigenvalue weighted by atomic mass is 9.84. The smallest absolute Gasteiger partial charge is 0.304 e. The van der Waals surface area contributed by atoms with E-state index in [0.29, 0.717) is 0 Å². The van der Waals surface area contributed by atoms with E-state index in [2.05, 4.69) is 66.3 Å². The van der Waals surface area contributed by atoms with Crippen LogP contribution in [0.25, 0.3) is 11.0 Å². The highest BCUT2D eigenvalue weighted by atomic mass is 16.5. The lowest BCUT2D eigenvalue weighted by Gasteiger charge is -2.30. The topological polar surface area (TPSA) is 118 Å². The minimum absolute atomic E-state index is 0.00701. The number of ether oxygens (including phenoxy) is 1. The second-order valence-electron chi connectivity index (χ2n) is 10.9. The predicted molar refractivity (Wildman–Crippen MR) is 152 cm³/mol. The Morgan fingerprint density at radius 2 is 1.88 bits per heavy atom. The molecule has 0 saturated carbocycles. The van der Waals surface area contributed by atoms with Crippen LogP contribution >= 0.6 is 0 Å². The molecule has 0 unspecified atom stereocenters. The van der Waals surface area contributed by atoms with E-state index in [9.17, 15) is 9.90 Å². The van der Waals surface area contributed by atoms with Crippen molar-refractivity contribution < 1.29 is 24.5 Å². The molecule has 0 bridgehead atoms. The summed E-state index contributed by atoms with van der Waals surface area (Å²) < 4.78 is 8.08. The molecule has 9 heteroatoms. The quantitative estimate of drug-likeness (QED) is 0.323. The Labute approximate surface area is 234 Å². The Morgan fingerprint density at radius 1 is 1.15 bits per heavy atom. The average Bonchev–Trinajstić information content (AvgIpc) is 3.20. The second kappa shape index (κ2) is 11.9. The fraction of sp³-hybridized carbons (Fsp3) is 0.355. The molecule has 0 spiro atoms. The van der Waals surface area contributed by atoms with Crippen LogP contribution in [0.4, 0.5) is 0 Å². The van der Waals surface area contributed by atoms with Crippen LogP contribution in [-0.2, 0) is 29.7 Å². The van der Waals surface area contributed by atoms with Crippen LogP contribution in [0.2, 0.25) is 0 Å². The third-order valence-corrected chi connectivity index (χ3v) is 7.36. The Balaban J connectivity index is 0.00000118. The van der Waals surface area contributed by atoms with Gasteiger partial charge in [-0.05, 0) is 67.6 Å². The van der Waals surface area contributed by atoms with Gasteiger partial charge in [0.2, 0.25) is 0 Å². The van der Waals surface area contributed by atoms with Gasteiger partial charge < -0.3 is 14.9 Å². The first-order valence-electron chi connectivity index (χ1n) is 13.2. The minimum Gasteiger partial charge on any atom is -0.486 e. The first-order valence-corrected chi connectivity index (χ1v) is 13.2. The molecule has 0 fully saturated rings. The summed E-state index contributed by atoms with van der Waals surface area (Å²) in [6.45, 7) is 10.5. The zero-order valence-corrected chi connectivity index (χ0v) is 23.6. The van der Waals surface area contributed by atoms with Crippen molar-refractivity contribution in [1.82, 2.24) is 19.9 Å². The standard InChI is InChI=1S/C30H34N4O3.CH2O2/c1-19-10-11-21(25(15-28(35)36)24-12-13-26-29(20(24)2)31-32-33(26)5)14-23(19)17-34-16-22-8-6-7-9-27(22)37-30(3,4)18-34;2-1-3/h6-14,25H,15-18H2,1-5H3,(H,35,36);1H,(H,2,3)/t25-;/m0./s1. The van der Waals surface area contributed by atoms with Gasteiger partial charge in [-0.1, -0.05) is 47.7 Å². The van der Waals surface area contributed by atoms with Crippen molar-refractivity contribution >= 4 is 23.5 Å². The van der Waals surface area contributed by atoms with Gasteiger partial charge in [0.25, 0.3) is 6.47 Å². The molecule has 9 nitrogen and oxygen atoms in total. The molecule has 40 heavy (non-hydrogen) atoms. The monoisotopic (exact) mass is 544 g/mol. The number of para-hydroxylation sites is 1. The third-order valence-electron chi connectivity index (χ3n) is 7.36. The molecule has 5 rings (SSSR count). The van der Waals surface area contributed by atoms with Gasteiger partial charge in [0.1, 0.15) is 16.9 Å². The van der Waals surface area contributed by atoms with Gasteiger partial charge in [-0.25, -0.2) is 4.68 Å². The molecular weight excluding hydrogens is 508 g/mol. The first kappa shape index (κ1) is 28.8. The second-order valence-corrected chi connectivity index (χ2v) is 10.9. The number of carboxylic acid groups (broad SMARTS) is 2. The molecule has 0 aliphatic carbocycles. The summed E-state index contributed by atoms with van der Waals surface area (Å²) in [5.41, 5.74) is 7.94. The summed E-state index contributed by atoms with van der Waals surface area (Å²) in [6.07, 6.45) is 0.00701. The van der Waals surface area contributed by atoms with Gasteiger partial charge in [0.15, 0.2) is 0 Å². The van der Waals surface area contributed by atoms with E-state index in [0.717, 1.165) is 53.1 Å². The van der Waals surface area contributed by atoms with E-state index >= 15 is 0 Å². The van der Waals surface area contributed by atoms with E-state index in [1.165, 1.54) is 16.7 Å². The number of hydrogen-bond donors (Lipinski definition) is 2. The highest BCUT2D eigenvalue weighted by molar-refractivity contribution is 5.80. The van der Waals surface area contributed by atoms with Crippen molar-refractivity contribution in [2.24, 2.45) is 7.05 Å². The van der Waals surface area contributed by atoms with E-state index in [4.69, 9.17) is 14.6 Å². The molecule has 2 N–H and O–H groups in total. The van der Waals surface area contributed by atoms with Crippen LogP contribution in [0.5, 0.6) is 5.75 Å². The van der Waals surface area contributed by atoms with Crippen LogP contribution in [0.15, 0.2) is 54.6 Å². The van der Waals surface area contributed by atoms with Gasteiger partial charge in [-0.15, -0.1) is 5.10 Å². The summed E-state index contributed by atoms with van der Waals surface area (Å²) >= 11 is 0. The van der Waals surface area contributed by atoms with Crippen LogP contribution < -0.4 is 4.74 Å². The SMILES string of the molecule is Cc1ccc([C@H](CC(=O)O)c2ccc3c(nnn3C)c2C)cc1CN1Cc2ccccc2OC(C)(C)C1.O=CO. The Kier molecular flexibility index (Phi) is 8.54. The highest BCUT2D eigenvalue weighted by Crippen LogP contribution is 2.35. The van der Waals surface area contributed by atoms with Crippen molar-refractivity contribution in [3.05, 3.63) is 88.0 Å². The Morgan fingerprint density at radius 3 is 2.60 bits per heavy atom. The molecule has 1 atom stereocenters. The molecule has 0 amide bonds. The van der Waals surface area contributed by atoms with Crippen molar-refractivity contribution in [3.8, 4) is 5.75 Å². The molecule has 2 heterocycles. The number of carbonyl (C=O) groups is 2. The van der Waals surface area contributed by atoms with Gasteiger partial charge >= 0.3 is 5.97 Å². The molecule has 1 aliphatic heterocycles. The minimum atomic E-state index is -0.825. The fourth-order valence-corrected chi connectivity index (χ4v) is 5.54. The largest absolute Gasteiger partial charge is 0.486 e. The maximum Gasteiger partial charge on any atom is 0.304 e. The maximum atomic E-state index is 12.0. The molecule has 210 valence electrons. The van der Waals surface area contributed by atoms with E-state index in [1.807, 2.05) is 38.2 Å². The molecule has 3 aromatic carbocycles. The number of aromatic nitrogens is 3.